The zero-order chi connectivity index (χ0) is 16.7. The number of hydrogen-bond acceptors (Lipinski definition) is 6. The van der Waals surface area contributed by atoms with Gasteiger partial charge in [-0.25, -0.2) is 0 Å². The first-order chi connectivity index (χ1) is 11.1. The van der Waals surface area contributed by atoms with E-state index >= 15 is 0 Å². The number of methoxy groups -OCH3 is 1. The molecule has 0 unspecified atom stereocenters. The van der Waals surface area contributed by atoms with Crippen molar-refractivity contribution in [1.29, 1.82) is 0 Å². The Labute approximate surface area is 143 Å². The molecule has 1 saturated heterocycles. The molecular formula is C17H30N2O3S. The van der Waals surface area contributed by atoms with Gasteiger partial charge < -0.3 is 14.6 Å². The summed E-state index contributed by atoms with van der Waals surface area (Å²) < 4.78 is 10.6. The highest BCUT2D eigenvalue weighted by molar-refractivity contribution is 7.07. The van der Waals surface area contributed by atoms with Crippen LogP contribution in [0, 0.1) is 0 Å². The third-order valence-corrected chi connectivity index (χ3v) is 5.13. The lowest BCUT2D eigenvalue weighted by molar-refractivity contribution is -0.0435. The van der Waals surface area contributed by atoms with Crippen molar-refractivity contribution in [2.45, 2.75) is 32.1 Å². The van der Waals surface area contributed by atoms with Crippen LogP contribution >= 0.6 is 11.3 Å². The SMILES string of the molecule is COC[C@H](C)OC[C@H](O)CN1CCN([C@H](C)c2ccsc2)CC1. The van der Waals surface area contributed by atoms with Crippen molar-refractivity contribution in [2.75, 3.05) is 53.0 Å². The summed E-state index contributed by atoms with van der Waals surface area (Å²) in [5, 5.41) is 14.5. The van der Waals surface area contributed by atoms with Gasteiger partial charge in [0.1, 0.15) is 0 Å². The Morgan fingerprint density at radius 1 is 1.22 bits per heavy atom. The predicted molar refractivity (Wildman–Crippen MR) is 94.0 cm³/mol. The summed E-state index contributed by atoms with van der Waals surface area (Å²) in [5.41, 5.74) is 1.41. The van der Waals surface area contributed by atoms with Crippen LogP contribution < -0.4 is 0 Å². The Morgan fingerprint density at radius 2 is 1.96 bits per heavy atom. The zero-order valence-electron chi connectivity index (χ0n) is 14.5. The second-order valence-electron chi connectivity index (χ2n) is 6.32. The molecule has 1 aromatic heterocycles. The first-order valence-electron chi connectivity index (χ1n) is 8.37. The second-order valence-corrected chi connectivity index (χ2v) is 7.10. The zero-order valence-corrected chi connectivity index (χ0v) is 15.3. The van der Waals surface area contributed by atoms with Crippen molar-refractivity contribution in [3.63, 3.8) is 0 Å². The Balaban J connectivity index is 1.66. The fraction of sp³-hybridized carbons (Fsp3) is 0.765. The molecule has 2 heterocycles. The molecule has 0 aliphatic carbocycles. The summed E-state index contributed by atoms with van der Waals surface area (Å²) in [7, 11) is 1.66. The molecule has 0 bridgehead atoms. The van der Waals surface area contributed by atoms with E-state index in [2.05, 4.69) is 33.6 Å². The monoisotopic (exact) mass is 342 g/mol. The normalized spacial score (nSPS) is 21.2. The van der Waals surface area contributed by atoms with Crippen LogP contribution in [0.25, 0.3) is 0 Å². The van der Waals surface area contributed by atoms with Crippen LogP contribution in [-0.2, 0) is 9.47 Å². The fourth-order valence-electron chi connectivity index (χ4n) is 2.97. The van der Waals surface area contributed by atoms with Crippen LogP contribution in [0.15, 0.2) is 16.8 Å². The van der Waals surface area contributed by atoms with E-state index in [4.69, 9.17) is 9.47 Å². The Bertz CT molecular complexity index is 421. The minimum Gasteiger partial charge on any atom is -0.389 e. The molecule has 6 heteroatoms. The molecule has 0 spiro atoms. The van der Waals surface area contributed by atoms with Crippen LogP contribution in [0.5, 0.6) is 0 Å². The number of β-amino-alcohol motifs (C(OH)–C–C–N with tert-alkyl or cyclic N) is 1. The standard InChI is InChI=1S/C17H30N2O3S/c1-14(11-21-3)22-12-17(20)10-18-5-7-19(8-6-18)15(2)16-4-9-23-13-16/h4,9,13-15,17,20H,5-8,10-12H2,1-3H3/t14-,15+,17+/m0/s1. The van der Waals surface area contributed by atoms with Crippen molar-refractivity contribution in [3.05, 3.63) is 22.4 Å². The number of hydrogen-bond donors (Lipinski definition) is 1. The van der Waals surface area contributed by atoms with E-state index in [1.54, 1.807) is 18.4 Å². The lowest BCUT2D eigenvalue weighted by Crippen LogP contribution is -2.49. The van der Waals surface area contributed by atoms with Gasteiger partial charge in [-0.15, -0.1) is 0 Å². The van der Waals surface area contributed by atoms with Crippen LogP contribution in [0.4, 0.5) is 0 Å². The van der Waals surface area contributed by atoms with Crippen LogP contribution in [0.3, 0.4) is 0 Å². The average Bonchev–Trinajstić information content (AvgIpc) is 3.08. The number of rotatable bonds is 9. The average molecular weight is 343 g/mol. The number of aliphatic hydroxyl groups excluding tert-OH is 1. The van der Waals surface area contributed by atoms with E-state index in [1.165, 1.54) is 5.56 Å². The minimum absolute atomic E-state index is 0.0259. The quantitative estimate of drug-likeness (QED) is 0.742. The Morgan fingerprint density at radius 3 is 2.57 bits per heavy atom. The molecule has 1 aliphatic heterocycles. The summed E-state index contributed by atoms with van der Waals surface area (Å²) in [6.45, 7) is 9.94. The first-order valence-corrected chi connectivity index (χ1v) is 9.31. The van der Waals surface area contributed by atoms with Gasteiger partial charge in [-0.05, 0) is 36.2 Å². The minimum atomic E-state index is -0.435. The van der Waals surface area contributed by atoms with Gasteiger partial charge in [-0.1, -0.05) is 0 Å². The molecular weight excluding hydrogens is 312 g/mol. The van der Waals surface area contributed by atoms with Gasteiger partial charge in [0.15, 0.2) is 0 Å². The van der Waals surface area contributed by atoms with Gasteiger partial charge in [0, 0.05) is 45.9 Å². The van der Waals surface area contributed by atoms with Crippen molar-refractivity contribution in [2.24, 2.45) is 0 Å². The van der Waals surface area contributed by atoms with Crippen molar-refractivity contribution >= 4 is 11.3 Å². The topological polar surface area (TPSA) is 45.2 Å². The Hall–Kier alpha value is -0.500. The molecule has 0 saturated carbocycles. The van der Waals surface area contributed by atoms with Gasteiger partial charge in [0.25, 0.3) is 0 Å². The molecule has 2 rings (SSSR count). The van der Waals surface area contributed by atoms with Gasteiger partial charge in [0.2, 0.25) is 0 Å². The maximum atomic E-state index is 10.1. The molecule has 1 aromatic rings. The molecule has 5 nitrogen and oxygen atoms in total. The Kier molecular flexibility index (Phi) is 7.95. The predicted octanol–water partition coefficient (Wildman–Crippen LogP) is 1.84. The molecule has 132 valence electrons. The van der Waals surface area contributed by atoms with Gasteiger partial charge in [-0.2, -0.15) is 11.3 Å². The highest BCUT2D eigenvalue weighted by Gasteiger charge is 2.23. The maximum Gasteiger partial charge on any atom is 0.0900 e. The van der Waals surface area contributed by atoms with Crippen LogP contribution in [0.1, 0.15) is 25.5 Å². The number of ether oxygens (including phenoxy) is 2. The number of aliphatic hydroxyl groups is 1. The maximum absolute atomic E-state index is 10.1. The molecule has 0 radical (unpaired) electrons. The summed E-state index contributed by atoms with van der Waals surface area (Å²) >= 11 is 1.76. The molecule has 3 atom stereocenters. The van der Waals surface area contributed by atoms with Crippen molar-refractivity contribution in [3.8, 4) is 0 Å². The van der Waals surface area contributed by atoms with E-state index in [-0.39, 0.29) is 6.10 Å². The number of thiophene rings is 1. The lowest BCUT2D eigenvalue weighted by Gasteiger charge is -2.38. The van der Waals surface area contributed by atoms with E-state index in [0.717, 1.165) is 26.2 Å². The molecule has 1 aliphatic rings. The van der Waals surface area contributed by atoms with Crippen LogP contribution in [0.2, 0.25) is 0 Å². The van der Waals surface area contributed by atoms with E-state index < -0.39 is 6.10 Å². The largest absolute Gasteiger partial charge is 0.389 e. The van der Waals surface area contributed by atoms with E-state index in [1.807, 2.05) is 6.92 Å². The lowest BCUT2D eigenvalue weighted by atomic mass is 10.1. The summed E-state index contributed by atoms with van der Waals surface area (Å²) in [6, 6.07) is 2.69. The summed E-state index contributed by atoms with van der Waals surface area (Å²) in [5.74, 6) is 0. The molecule has 0 amide bonds. The highest BCUT2D eigenvalue weighted by atomic mass is 32.1. The third-order valence-electron chi connectivity index (χ3n) is 4.42. The molecule has 23 heavy (non-hydrogen) atoms. The summed E-state index contributed by atoms with van der Waals surface area (Å²) in [4.78, 5) is 4.84. The van der Waals surface area contributed by atoms with E-state index in [0.29, 0.717) is 25.8 Å². The highest BCUT2D eigenvalue weighted by Crippen LogP contribution is 2.23. The van der Waals surface area contributed by atoms with Gasteiger partial charge in [-0.3, -0.25) is 9.80 Å². The smallest absolute Gasteiger partial charge is 0.0900 e. The molecule has 1 fully saturated rings. The van der Waals surface area contributed by atoms with Crippen molar-refractivity contribution < 1.29 is 14.6 Å². The summed E-state index contributed by atoms with van der Waals surface area (Å²) in [6.07, 6.45) is -0.409. The molecule has 0 aromatic carbocycles. The number of nitrogens with zero attached hydrogens (tertiary/aromatic N) is 2. The molecule has 1 N–H and O–H groups in total. The third kappa shape index (κ3) is 6.14. The van der Waals surface area contributed by atoms with Crippen molar-refractivity contribution in [1.82, 2.24) is 9.80 Å². The van der Waals surface area contributed by atoms with Gasteiger partial charge >= 0.3 is 0 Å². The number of piperazine rings is 1. The van der Waals surface area contributed by atoms with Gasteiger partial charge in [0.05, 0.1) is 25.4 Å². The fourth-order valence-corrected chi connectivity index (χ4v) is 3.71. The second kappa shape index (κ2) is 9.71. The van der Waals surface area contributed by atoms with E-state index in [9.17, 15) is 5.11 Å². The van der Waals surface area contributed by atoms with Crippen LogP contribution in [-0.4, -0.2) is 80.2 Å². The first kappa shape index (κ1) is 18.8.